The molecule has 0 spiro atoms. The minimum absolute atomic E-state index is 0.0149. The largest absolute Gasteiger partial charge is 0.382 e. The van der Waals surface area contributed by atoms with Crippen molar-refractivity contribution >= 4 is 17.0 Å². The van der Waals surface area contributed by atoms with Crippen molar-refractivity contribution in [1.82, 2.24) is 24.8 Å². The molecule has 2 unspecified atom stereocenters. The van der Waals surface area contributed by atoms with Crippen LogP contribution in [0.3, 0.4) is 0 Å². The molecule has 2 aromatic rings. The Morgan fingerprint density at radius 2 is 2.10 bits per heavy atom. The Bertz CT molecular complexity index is 644. The second-order valence-electron chi connectivity index (χ2n) is 5.14. The first-order chi connectivity index (χ1) is 9.79. The molecule has 2 aliphatic heterocycles. The summed E-state index contributed by atoms with van der Waals surface area (Å²) >= 11 is 0. The summed E-state index contributed by atoms with van der Waals surface area (Å²) in [5.74, 6) is 0.393. The van der Waals surface area contributed by atoms with Gasteiger partial charge in [0, 0.05) is 0 Å². The molecular weight excluding hydrogens is 260 g/mol. The van der Waals surface area contributed by atoms with Gasteiger partial charge in [0.25, 0.3) is 0 Å². The number of nitrogens with two attached hydrogens (primary N) is 1. The molecule has 0 radical (unpaired) electrons. The predicted molar refractivity (Wildman–Crippen MR) is 71.1 cm³/mol. The average Bonchev–Trinajstić information content (AvgIpc) is 3.11. The van der Waals surface area contributed by atoms with Crippen LogP contribution in [-0.2, 0) is 9.47 Å². The molecule has 2 saturated heterocycles. The zero-order chi connectivity index (χ0) is 13.7. The molecule has 20 heavy (non-hydrogen) atoms. The number of nitrogens with one attached hydrogen (secondary N) is 1. The van der Waals surface area contributed by atoms with Crippen LogP contribution in [0.2, 0.25) is 0 Å². The zero-order valence-corrected chi connectivity index (χ0v) is 11.1. The third-order valence-electron chi connectivity index (χ3n) is 4.14. The number of anilines is 1. The Hall–Kier alpha value is -1.77. The smallest absolute Gasteiger partial charge is 0.165 e. The van der Waals surface area contributed by atoms with Crippen molar-refractivity contribution in [1.29, 1.82) is 0 Å². The molecule has 0 aliphatic carbocycles. The van der Waals surface area contributed by atoms with Gasteiger partial charge in [-0.05, 0) is 7.05 Å². The summed E-state index contributed by atoms with van der Waals surface area (Å²) in [7, 11) is 1.92. The van der Waals surface area contributed by atoms with Crippen LogP contribution < -0.4 is 11.1 Å². The van der Waals surface area contributed by atoms with E-state index in [2.05, 4.69) is 20.3 Å². The normalized spacial score (nSPS) is 32.9. The summed E-state index contributed by atoms with van der Waals surface area (Å²) in [4.78, 5) is 12.5. The Balaban J connectivity index is 1.72. The second kappa shape index (κ2) is 4.37. The van der Waals surface area contributed by atoms with Crippen molar-refractivity contribution in [3.8, 4) is 0 Å². The van der Waals surface area contributed by atoms with E-state index >= 15 is 0 Å². The van der Waals surface area contributed by atoms with Crippen molar-refractivity contribution in [2.75, 3.05) is 26.0 Å². The summed E-state index contributed by atoms with van der Waals surface area (Å²) in [6, 6.07) is 0.303. The number of hydrogen-bond donors (Lipinski definition) is 2. The molecule has 8 nitrogen and oxygen atoms in total. The molecule has 2 aromatic heterocycles. The first kappa shape index (κ1) is 12.0. The number of likely N-dealkylation sites (N-methyl/N-ethyl adjacent to an activating group) is 1. The highest BCUT2D eigenvalue weighted by Gasteiger charge is 2.48. The van der Waals surface area contributed by atoms with E-state index in [9.17, 15) is 0 Å². The van der Waals surface area contributed by atoms with E-state index in [0.29, 0.717) is 24.5 Å². The van der Waals surface area contributed by atoms with Gasteiger partial charge >= 0.3 is 0 Å². The van der Waals surface area contributed by atoms with Crippen LogP contribution in [0.25, 0.3) is 11.2 Å². The third-order valence-corrected chi connectivity index (χ3v) is 4.14. The number of imidazole rings is 1. The van der Waals surface area contributed by atoms with Crippen LogP contribution in [-0.4, -0.2) is 58.0 Å². The quantitative estimate of drug-likeness (QED) is 0.750. The van der Waals surface area contributed by atoms with Gasteiger partial charge in [0.1, 0.15) is 24.1 Å². The van der Waals surface area contributed by atoms with Gasteiger partial charge in [-0.3, -0.25) is 0 Å². The van der Waals surface area contributed by atoms with Gasteiger partial charge in [-0.1, -0.05) is 0 Å². The van der Waals surface area contributed by atoms with Crippen LogP contribution in [0.15, 0.2) is 12.7 Å². The van der Waals surface area contributed by atoms with E-state index in [1.54, 1.807) is 6.33 Å². The fourth-order valence-corrected chi connectivity index (χ4v) is 3.08. The highest BCUT2D eigenvalue weighted by Crippen LogP contribution is 2.35. The molecular formula is C12H16N6O2. The van der Waals surface area contributed by atoms with Crippen molar-refractivity contribution in [2.45, 2.75) is 24.3 Å². The number of hydrogen-bond acceptors (Lipinski definition) is 7. The summed E-state index contributed by atoms with van der Waals surface area (Å²) < 4.78 is 13.8. The third kappa shape index (κ3) is 1.55. The van der Waals surface area contributed by atoms with E-state index in [4.69, 9.17) is 15.2 Å². The van der Waals surface area contributed by atoms with E-state index < -0.39 is 0 Å². The lowest BCUT2D eigenvalue weighted by Crippen LogP contribution is -2.38. The van der Waals surface area contributed by atoms with Crippen molar-refractivity contribution in [3.05, 3.63) is 12.7 Å². The van der Waals surface area contributed by atoms with Gasteiger partial charge < -0.3 is 25.1 Å². The maximum Gasteiger partial charge on any atom is 0.165 e. The Kier molecular flexibility index (Phi) is 2.62. The molecule has 2 fully saturated rings. The van der Waals surface area contributed by atoms with Crippen molar-refractivity contribution in [2.24, 2.45) is 0 Å². The molecule has 4 atom stereocenters. The van der Waals surface area contributed by atoms with Crippen LogP contribution in [0.4, 0.5) is 5.82 Å². The summed E-state index contributed by atoms with van der Waals surface area (Å²) in [6.45, 7) is 1.25. The van der Waals surface area contributed by atoms with Gasteiger partial charge in [0.2, 0.25) is 0 Å². The van der Waals surface area contributed by atoms with E-state index in [1.807, 2.05) is 11.6 Å². The van der Waals surface area contributed by atoms with Gasteiger partial charge in [-0.2, -0.15) is 0 Å². The Labute approximate surface area is 115 Å². The van der Waals surface area contributed by atoms with Crippen LogP contribution in [0.1, 0.15) is 6.04 Å². The Morgan fingerprint density at radius 1 is 1.25 bits per heavy atom. The molecule has 3 N–H and O–H groups in total. The number of rotatable bonds is 2. The molecule has 8 heteroatoms. The first-order valence-corrected chi connectivity index (χ1v) is 6.63. The van der Waals surface area contributed by atoms with Crippen molar-refractivity contribution in [3.63, 3.8) is 0 Å². The molecule has 4 heterocycles. The highest BCUT2D eigenvalue weighted by molar-refractivity contribution is 5.81. The fraction of sp³-hybridized carbons (Fsp3) is 0.583. The maximum atomic E-state index is 5.89. The summed E-state index contributed by atoms with van der Waals surface area (Å²) in [6.07, 6.45) is 3.28. The van der Waals surface area contributed by atoms with Gasteiger partial charge in [-0.15, -0.1) is 0 Å². The molecule has 0 saturated carbocycles. The monoisotopic (exact) mass is 276 g/mol. The molecule has 106 valence electrons. The van der Waals surface area contributed by atoms with Crippen LogP contribution >= 0.6 is 0 Å². The van der Waals surface area contributed by atoms with Crippen LogP contribution in [0, 0.1) is 0 Å². The van der Waals surface area contributed by atoms with Crippen molar-refractivity contribution < 1.29 is 9.47 Å². The lowest BCUT2D eigenvalue weighted by atomic mass is 10.1. The molecule has 0 amide bonds. The van der Waals surface area contributed by atoms with Gasteiger partial charge in [0.05, 0.1) is 31.6 Å². The molecule has 4 rings (SSSR count). The van der Waals surface area contributed by atoms with E-state index in [1.165, 1.54) is 6.33 Å². The van der Waals surface area contributed by atoms with Gasteiger partial charge in [-0.25, -0.2) is 15.0 Å². The minimum atomic E-state index is 0.0149. The zero-order valence-electron chi connectivity index (χ0n) is 11.1. The lowest BCUT2D eigenvalue weighted by molar-refractivity contribution is 0.0638. The first-order valence-electron chi connectivity index (χ1n) is 6.63. The van der Waals surface area contributed by atoms with E-state index in [0.717, 1.165) is 5.65 Å². The lowest BCUT2D eigenvalue weighted by Gasteiger charge is -2.17. The van der Waals surface area contributed by atoms with Crippen LogP contribution in [0.5, 0.6) is 0 Å². The predicted octanol–water partition coefficient (Wildman–Crippen LogP) is -0.665. The number of aromatic nitrogens is 4. The highest BCUT2D eigenvalue weighted by atomic mass is 16.6. The second-order valence-corrected chi connectivity index (χ2v) is 5.14. The fourth-order valence-electron chi connectivity index (χ4n) is 3.08. The minimum Gasteiger partial charge on any atom is -0.382 e. The number of ether oxygens (including phenoxy) is 2. The topological polar surface area (TPSA) is 100 Å². The SMILES string of the molecule is CN[C@H]1COC2C1OC[C@H]2n1cnc2c(N)ncnc21. The molecule has 0 aromatic carbocycles. The maximum absolute atomic E-state index is 5.89. The number of nitrogens with zero attached hydrogens (tertiary/aromatic N) is 4. The average molecular weight is 276 g/mol. The van der Waals surface area contributed by atoms with Gasteiger partial charge in [0.15, 0.2) is 11.5 Å². The summed E-state index contributed by atoms with van der Waals surface area (Å²) in [5, 5.41) is 3.23. The number of nitrogen functional groups attached to an aromatic ring is 1. The standard InChI is InChI=1S/C12H16N6O2/c1-14-6-2-19-10-7(3-20-9(6)10)18-5-17-8-11(13)15-4-16-12(8)18/h4-7,9-10,14H,2-3H2,1H3,(H2,13,15,16)/t6-,7+,9?,10?/m0/s1. The Morgan fingerprint density at radius 3 is 2.95 bits per heavy atom. The summed E-state index contributed by atoms with van der Waals surface area (Å²) in [5.41, 5.74) is 7.17. The number of fused-ring (bicyclic) bond motifs is 2. The molecule has 0 bridgehead atoms. The van der Waals surface area contributed by atoms with E-state index in [-0.39, 0.29) is 24.3 Å². The molecule has 2 aliphatic rings.